The van der Waals surface area contributed by atoms with Gasteiger partial charge in [-0.15, -0.1) is 0 Å². The Balaban J connectivity index is 4.05. The number of carbonyl (C=O) groups is 2. The third-order valence-electron chi connectivity index (χ3n) is 2.08. The standard InChI is InChI=1S/C12H18O4/c1-2-3-4-5-7-10(12(15)16)8-6-9-11(13)14/h2-3,8H,4-7,9H2,1H3,(H,13,14)(H,15,16). The van der Waals surface area contributed by atoms with Crippen LogP contribution in [0.4, 0.5) is 0 Å². The summed E-state index contributed by atoms with van der Waals surface area (Å²) in [7, 11) is 0. The van der Waals surface area contributed by atoms with Gasteiger partial charge in [-0.25, -0.2) is 4.79 Å². The predicted octanol–water partition coefficient (Wildman–Crippen LogP) is 2.61. The number of carboxylic acid groups (broad SMARTS) is 2. The van der Waals surface area contributed by atoms with Crippen molar-refractivity contribution >= 4 is 11.9 Å². The average molecular weight is 226 g/mol. The van der Waals surface area contributed by atoms with Crippen molar-refractivity contribution in [3.8, 4) is 0 Å². The van der Waals surface area contributed by atoms with Gasteiger partial charge in [-0.3, -0.25) is 4.79 Å². The number of carboxylic acids is 2. The molecule has 4 nitrogen and oxygen atoms in total. The summed E-state index contributed by atoms with van der Waals surface area (Å²) in [6.45, 7) is 1.92. The zero-order valence-electron chi connectivity index (χ0n) is 9.48. The summed E-state index contributed by atoms with van der Waals surface area (Å²) in [5, 5.41) is 17.3. The summed E-state index contributed by atoms with van der Waals surface area (Å²) in [4.78, 5) is 21.1. The summed E-state index contributed by atoms with van der Waals surface area (Å²) >= 11 is 0. The molecule has 0 radical (unpaired) electrons. The van der Waals surface area contributed by atoms with Crippen molar-refractivity contribution in [1.29, 1.82) is 0 Å². The number of hydrogen-bond donors (Lipinski definition) is 2. The zero-order valence-corrected chi connectivity index (χ0v) is 9.48. The Morgan fingerprint density at radius 2 is 1.81 bits per heavy atom. The van der Waals surface area contributed by atoms with E-state index in [0.29, 0.717) is 12.0 Å². The smallest absolute Gasteiger partial charge is 0.331 e. The van der Waals surface area contributed by atoms with Crippen molar-refractivity contribution in [3.63, 3.8) is 0 Å². The monoisotopic (exact) mass is 226 g/mol. The lowest BCUT2D eigenvalue weighted by atomic mass is 10.1. The molecule has 0 unspecified atom stereocenters. The first-order valence-electron chi connectivity index (χ1n) is 5.33. The highest BCUT2D eigenvalue weighted by atomic mass is 16.4. The van der Waals surface area contributed by atoms with Gasteiger partial charge in [0.15, 0.2) is 0 Å². The van der Waals surface area contributed by atoms with Crippen LogP contribution in [-0.2, 0) is 9.59 Å². The third kappa shape index (κ3) is 7.79. The molecule has 0 heterocycles. The molecule has 0 bridgehead atoms. The van der Waals surface area contributed by atoms with Crippen LogP contribution in [0.15, 0.2) is 23.8 Å². The van der Waals surface area contributed by atoms with E-state index in [0.717, 1.165) is 12.8 Å². The molecule has 0 rings (SSSR count). The minimum absolute atomic E-state index is 0.0222. The van der Waals surface area contributed by atoms with E-state index in [9.17, 15) is 9.59 Å². The van der Waals surface area contributed by atoms with Gasteiger partial charge in [-0.05, 0) is 32.6 Å². The molecule has 0 aliphatic heterocycles. The normalized spacial score (nSPS) is 11.9. The first kappa shape index (κ1) is 14.4. The number of rotatable bonds is 8. The van der Waals surface area contributed by atoms with Crippen LogP contribution in [0.2, 0.25) is 0 Å². The van der Waals surface area contributed by atoms with E-state index in [-0.39, 0.29) is 12.8 Å². The maximum absolute atomic E-state index is 10.8. The largest absolute Gasteiger partial charge is 0.481 e. The number of aliphatic carboxylic acids is 2. The van der Waals surface area contributed by atoms with E-state index in [1.165, 1.54) is 6.08 Å². The van der Waals surface area contributed by atoms with Gasteiger partial charge < -0.3 is 10.2 Å². The molecule has 0 saturated heterocycles. The van der Waals surface area contributed by atoms with E-state index < -0.39 is 11.9 Å². The number of allylic oxidation sites excluding steroid dienone is 3. The Bertz CT molecular complexity index is 289. The van der Waals surface area contributed by atoms with Crippen molar-refractivity contribution in [2.75, 3.05) is 0 Å². The van der Waals surface area contributed by atoms with Gasteiger partial charge in [0.1, 0.15) is 0 Å². The van der Waals surface area contributed by atoms with Crippen LogP contribution in [0.5, 0.6) is 0 Å². The fourth-order valence-electron chi connectivity index (χ4n) is 1.24. The lowest BCUT2D eigenvalue weighted by Gasteiger charge is -2.00. The second-order valence-electron chi connectivity index (χ2n) is 3.43. The Kier molecular flexibility index (Phi) is 7.85. The fourth-order valence-corrected chi connectivity index (χ4v) is 1.24. The Hall–Kier alpha value is -1.58. The highest BCUT2D eigenvalue weighted by molar-refractivity contribution is 5.86. The van der Waals surface area contributed by atoms with E-state index in [2.05, 4.69) is 0 Å². The molecule has 0 fully saturated rings. The predicted molar refractivity (Wildman–Crippen MR) is 61.3 cm³/mol. The quantitative estimate of drug-likeness (QED) is 0.379. The summed E-state index contributed by atoms with van der Waals surface area (Å²) < 4.78 is 0. The van der Waals surface area contributed by atoms with E-state index in [1.807, 2.05) is 19.1 Å². The van der Waals surface area contributed by atoms with Gasteiger partial charge in [-0.1, -0.05) is 18.2 Å². The lowest BCUT2D eigenvalue weighted by molar-refractivity contribution is -0.137. The summed E-state index contributed by atoms with van der Waals surface area (Å²) in [6.07, 6.45) is 7.78. The summed E-state index contributed by atoms with van der Waals surface area (Å²) in [5.74, 6) is -1.86. The van der Waals surface area contributed by atoms with Crippen LogP contribution in [0.1, 0.15) is 39.0 Å². The van der Waals surface area contributed by atoms with E-state index >= 15 is 0 Å². The van der Waals surface area contributed by atoms with E-state index in [1.54, 1.807) is 0 Å². The minimum Gasteiger partial charge on any atom is -0.481 e. The van der Waals surface area contributed by atoms with Gasteiger partial charge in [0.2, 0.25) is 0 Å². The second kappa shape index (κ2) is 8.71. The molecule has 0 atom stereocenters. The van der Waals surface area contributed by atoms with Gasteiger partial charge in [0, 0.05) is 12.0 Å². The van der Waals surface area contributed by atoms with Crippen LogP contribution in [0, 0.1) is 0 Å². The van der Waals surface area contributed by atoms with Crippen LogP contribution >= 0.6 is 0 Å². The van der Waals surface area contributed by atoms with Crippen LogP contribution < -0.4 is 0 Å². The molecule has 16 heavy (non-hydrogen) atoms. The molecule has 0 spiro atoms. The van der Waals surface area contributed by atoms with Crippen LogP contribution in [-0.4, -0.2) is 22.2 Å². The minimum atomic E-state index is -0.953. The molecular formula is C12H18O4. The summed E-state index contributed by atoms with van der Waals surface area (Å²) in [5.41, 5.74) is 0.311. The SMILES string of the molecule is CC=CCCCC(=CCCC(=O)O)C(=O)O. The first-order chi connectivity index (χ1) is 7.57. The maximum atomic E-state index is 10.8. The van der Waals surface area contributed by atoms with Gasteiger partial charge in [0.25, 0.3) is 0 Å². The van der Waals surface area contributed by atoms with Crippen molar-refractivity contribution in [3.05, 3.63) is 23.8 Å². The van der Waals surface area contributed by atoms with Crippen LogP contribution in [0.25, 0.3) is 0 Å². The van der Waals surface area contributed by atoms with Crippen molar-refractivity contribution < 1.29 is 19.8 Å². The molecule has 4 heteroatoms. The maximum Gasteiger partial charge on any atom is 0.331 e. The highest BCUT2D eigenvalue weighted by Crippen LogP contribution is 2.10. The van der Waals surface area contributed by atoms with E-state index in [4.69, 9.17) is 10.2 Å². The summed E-state index contributed by atoms with van der Waals surface area (Å²) in [6, 6.07) is 0. The van der Waals surface area contributed by atoms with Gasteiger partial charge in [0.05, 0.1) is 0 Å². The molecule has 0 aromatic rings. The lowest BCUT2D eigenvalue weighted by Crippen LogP contribution is -2.01. The van der Waals surface area contributed by atoms with Crippen molar-refractivity contribution in [2.24, 2.45) is 0 Å². The topological polar surface area (TPSA) is 74.6 Å². The van der Waals surface area contributed by atoms with Crippen molar-refractivity contribution in [1.82, 2.24) is 0 Å². The molecule has 0 aliphatic carbocycles. The molecule has 2 N–H and O–H groups in total. The van der Waals surface area contributed by atoms with Gasteiger partial charge >= 0.3 is 11.9 Å². The van der Waals surface area contributed by atoms with Gasteiger partial charge in [-0.2, -0.15) is 0 Å². The molecular weight excluding hydrogens is 208 g/mol. The Morgan fingerprint density at radius 3 is 2.31 bits per heavy atom. The molecule has 0 saturated carbocycles. The highest BCUT2D eigenvalue weighted by Gasteiger charge is 2.06. The molecule has 0 aromatic heterocycles. The number of unbranched alkanes of at least 4 members (excludes halogenated alkanes) is 1. The average Bonchev–Trinajstić information content (AvgIpc) is 2.20. The molecule has 0 amide bonds. The number of hydrogen-bond acceptors (Lipinski definition) is 2. The molecule has 0 aliphatic rings. The van der Waals surface area contributed by atoms with Crippen LogP contribution in [0.3, 0.4) is 0 Å². The third-order valence-corrected chi connectivity index (χ3v) is 2.08. The molecule has 0 aromatic carbocycles. The fraction of sp³-hybridized carbons (Fsp3) is 0.500. The van der Waals surface area contributed by atoms with Crippen molar-refractivity contribution in [2.45, 2.75) is 39.0 Å². The Labute approximate surface area is 95.3 Å². The second-order valence-corrected chi connectivity index (χ2v) is 3.43. The first-order valence-corrected chi connectivity index (χ1v) is 5.33. The molecule has 90 valence electrons. The zero-order chi connectivity index (χ0) is 12.4. The Morgan fingerprint density at radius 1 is 1.12 bits per heavy atom.